The van der Waals surface area contributed by atoms with Crippen molar-refractivity contribution in [2.45, 2.75) is 64.2 Å². The first kappa shape index (κ1) is 26.6. The normalized spacial score (nSPS) is 18.3. The quantitative estimate of drug-likeness (QED) is 0.214. The second-order valence-electron chi connectivity index (χ2n) is 11.2. The fourth-order valence-corrected chi connectivity index (χ4v) is 5.76. The van der Waals surface area contributed by atoms with Crippen LogP contribution in [0.25, 0.3) is 21.9 Å². The van der Waals surface area contributed by atoms with E-state index in [1.807, 2.05) is 0 Å². The molecule has 2 unspecified atom stereocenters. The van der Waals surface area contributed by atoms with Gasteiger partial charge in [-0.25, -0.2) is 0 Å². The molecule has 5 rings (SSSR count). The molecule has 1 heterocycles. The van der Waals surface area contributed by atoms with E-state index in [1.165, 1.54) is 52.3 Å². The van der Waals surface area contributed by atoms with Crippen molar-refractivity contribution < 1.29 is 0 Å². The lowest BCUT2D eigenvalue weighted by Gasteiger charge is -2.41. The summed E-state index contributed by atoms with van der Waals surface area (Å²) < 4.78 is 0. The molecule has 2 N–H and O–H groups in total. The Kier molecular flexibility index (Phi) is 9.24. The third-order valence-electron chi connectivity index (χ3n) is 7.87. The molecule has 0 bridgehead atoms. The number of unbranched alkanes of at least 4 members (excludes halogenated alkanes) is 1. The molecule has 2 atom stereocenters. The van der Waals surface area contributed by atoms with E-state index in [4.69, 9.17) is 0 Å². The van der Waals surface area contributed by atoms with E-state index in [-0.39, 0.29) is 0 Å². The summed E-state index contributed by atoms with van der Waals surface area (Å²) in [6, 6.07) is 37.1. The zero-order valence-corrected chi connectivity index (χ0v) is 23.1. The number of piperazine rings is 1. The van der Waals surface area contributed by atoms with Crippen molar-refractivity contribution in [3.63, 3.8) is 0 Å². The number of rotatable bonds is 11. The Bertz CT molecular complexity index is 1270. The highest BCUT2D eigenvalue weighted by molar-refractivity contribution is 5.83. The van der Waals surface area contributed by atoms with Crippen LogP contribution in [-0.4, -0.2) is 42.7 Å². The van der Waals surface area contributed by atoms with E-state index < -0.39 is 0 Å². The van der Waals surface area contributed by atoms with Crippen LogP contribution in [0.3, 0.4) is 0 Å². The fraction of sp³-hybridized carbons (Fsp3) is 0.371. The summed E-state index contributed by atoms with van der Waals surface area (Å²) >= 11 is 0. The topological polar surface area (TPSA) is 27.3 Å². The van der Waals surface area contributed by atoms with Crippen LogP contribution in [0, 0.1) is 0 Å². The number of nitrogens with one attached hydrogen (secondary N) is 2. The van der Waals surface area contributed by atoms with Crippen LogP contribution in [0.5, 0.6) is 0 Å². The van der Waals surface area contributed by atoms with Gasteiger partial charge in [0.05, 0.1) is 0 Å². The summed E-state index contributed by atoms with van der Waals surface area (Å²) in [6.45, 7) is 8.74. The summed E-state index contributed by atoms with van der Waals surface area (Å²) in [7, 11) is 0. The molecule has 0 aromatic heterocycles. The first-order valence-corrected chi connectivity index (χ1v) is 14.5. The van der Waals surface area contributed by atoms with Crippen LogP contribution in [0.4, 0.5) is 0 Å². The minimum atomic E-state index is 0.471. The van der Waals surface area contributed by atoms with E-state index >= 15 is 0 Å². The lowest BCUT2D eigenvalue weighted by Crippen LogP contribution is -2.56. The second-order valence-corrected chi connectivity index (χ2v) is 11.2. The van der Waals surface area contributed by atoms with Crippen LogP contribution < -0.4 is 10.6 Å². The van der Waals surface area contributed by atoms with E-state index in [2.05, 4.69) is 126 Å². The maximum Gasteiger partial charge on any atom is 0.0237 e. The van der Waals surface area contributed by atoms with Crippen LogP contribution in [0.1, 0.15) is 44.2 Å². The van der Waals surface area contributed by atoms with Crippen molar-refractivity contribution in [3.8, 4) is 11.1 Å². The highest BCUT2D eigenvalue weighted by Crippen LogP contribution is 2.23. The molecule has 0 radical (unpaired) electrons. The summed E-state index contributed by atoms with van der Waals surface area (Å²) in [5.74, 6) is 0. The van der Waals surface area contributed by atoms with Gasteiger partial charge >= 0.3 is 0 Å². The monoisotopic (exact) mass is 505 g/mol. The molecule has 38 heavy (non-hydrogen) atoms. The Morgan fingerprint density at radius 1 is 0.789 bits per heavy atom. The van der Waals surface area contributed by atoms with Gasteiger partial charge in [0, 0.05) is 37.8 Å². The Morgan fingerprint density at radius 3 is 2.29 bits per heavy atom. The average molecular weight is 506 g/mol. The van der Waals surface area contributed by atoms with Gasteiger partial charge in [0.2, 0.25) is 0 Å². The predicted molar refractivity (Wildman–Crippen MR) is 163 cm³/mol. The Balaban J connectivity index is 1.25. The minimum absolute atomic E-state index is 0.471. The molecule has 0 spiro atoms. The van der Waals surface area contributed by atoms with Gasteiger partial charge < -0.3 is 10.6 Å². The summed E-state index contributed by atoms with van der Waals surface area (Å²) in [6.07, 6.45) is 4.83. The van der Waals surface area contributed by atoms with Crippen LogP contribution in [0.15, 0.2) is 97.1 Å². The molecule has 1 saturated heterocycles. The summed E-state index contributed by atoms with van der Waals surface area (Å²) in [4.78, 5) is 2.75. The van der Waals surface area contributed by atoms with Gasteiger partial charge in [-0.2, -0.15) is 0 Å². The zero-order valence-electron chi connectivity index (χ0n) is 23.1. The smallest absolute Gasteiger partial charge is 0.0237 e. The fourth-order valence-electron chi connectivity index (χ4n) is 5.76. The van der Waals surface area contributed by atoms with Crippen LogP contribution in [0.2, 0.25) is 0 Å². The molecule has 0 amide bonds. The van der Waals surface area contributed by atoms with Crippen molar-refractivity contribution >= 4 is 10.8 Å². The molecular weight excluding hydrogens is 462 g/mol. The number of benzene rings is 4. The maximum absolute atomic E-state index is 3.91. The van der Waals surface area contributed by atoms with Crippen LogP contribution in [-0.2, 0) is 13.0 Å². The number of hydrogen-bond donors (Lipinski definition) is 2. The highest BCUT2D eigenvalue weighted by Gasteiger charge is 2.27. The first-order valence-electron chi connectivity index (χ1n) is 14.5. The maximum atomic E-state index is 3.91. The number of hydrogen-bond acceptors (Lipinski definition) is 3. The van der Waals surface area contributed by atoms with Gasteiger partial charge in [-0.15, -0.1) is 0 Å². The molecule has 0 saturated carbocycles. The Labute approximate surface area is 229 Å². The summed E-state index contributed by atoms with van der Waals surface area (Å²) in [5.41, 5.74) is 5.40. The Morgan fingerprint density at radius 2 is 1.50 bits per heavy atom. The molecule has 0 aliphatic carbocycles. The third kappa shape index (κ3) is 7.32. The zero-order chi connectivity index (χ0) is 26.2. The molecule has 198 valence electrons. The molecule has 3 heteroatoms. The standard InChI is InChI=1S/C35H43N3/c1-27(2)36-21-9-8-14-35-24-37-34(23-29-17-20-31-12-6-7-13-33(31)22-29)26-38(35)25-28-15-18-32(19-16-28)30-10-4-3-5-11-30/h3-7,10-13,15-20,22,27,34-37H,8-9,14,21,23-26H2,1-2H3. The van der Waals surface area contributed by atoms with E-state index in [9.17, 15) is 0 Å². The lowest BCUT2D eigenvalue weighted by atomic mass is 9.96. The third-order valence-corrected chi connectivity index (χ3v) is 7.87. The van der Waals surface area contributed by atoms with E-state index in [1.54, 1.807) is 0 Å². The molecule has 1 fully saturated rings. The highest BCUT2D eigenvalue weighted by atomic mass is 15.2. The average Bonchev–Trinajstić information content (AvgIpc) is 2.94. The molecule has 1 aliphatic heterocycles. The second kappa shape index (κ2) is 13.2. The van der Waals surface area contributed by atoms with E-state index in [0.717, 1.165) is 32.6 Å². The van der Waals surface area contributed by atoms with Gasteiger partial charge in [0.1, 0.15) is 0 Å². The van der Waals surface area contributed by atoms with Crippen molar-refractivity contribution in [2.24, 2.45) is 0 Å². The van der Waals surface area contributed by atoms with E-state index in [0.29, 0.717) is 18.1 Å². The largest absolute Gasteiger partial charge is 0.315 e. The van der Waals surface area contributed by atoms with Crippen molar-refractivity contribution in [3.05, 3.63) is 108 Å². The minimum Gasteiger partial charge on any atom is -0.315 e. The lowest BCUT2D eigenvalue weighted by molar-refractivity contribution is 0.113. The molecule has 3 nitrogen and oxygen atoms in total. The molecule has 1 aliphatic rings. The Hall–Kier alpha value is -2.98. The van der Waals surface area contributed by atoms with Gasteiger partial charge in [-0.05, 0) is 58.8 Å². The predicted octanol–water partition coefficient (Wildman–Crippen LogP) is 7.06. The van der Waals surface area contributed by atoms with Gasteiger partial charge in [-0.1, -0.05) is 117 Å². The van der Waals surface area contributed by atoms with Crippen molar-refractivity contribution in [1.82, 2.24) is 15.5 Å². The molecule has 4 aromatic rings. The van der Waals surface area contributed by atoms with Gasteiger partial charge in [-0.3, -0.25) is 4.90 Å². The number of nitrogens with zero attached hydrogens (tertiary/aromatic N) is 1. The van der Waals surface area contributed by atoms with Crippen molar-refractivity contribution in [1.29, 1.82) is 0 Å². The number of fused-ring (bicyclic) bond motifs is 1. The van der Waals surface area contributed by atoms with Gasteiger partial charge in [0.25, 0.3) is 0 Å². The summed E-state index contributed by atoms with van der Waals surface area (Å²) in [5, 5.41) is 10.1. The molecular formula is C35H43N3. The first-order chi connectivity index (χ1) is 18.6. The van der Waals surface area contributed by atoms with Gasteiger partial charge in [0.15, 0.2) is 0 Å². The SMILES string of the molecule is CC(C)NCCCCC1CNC(Cc2ccc3ccccc3c2)CN1Cc1ccc(-c2ccccc2)cc1. The van der Waals surface area contributed by atoms with Crippen LogP contribution >= 0.6 is 0 Å². The van der Waals surface area contributed by atoms with Crippen molar-refractivity contribution in [2.75, 3.05) is 19.6 Å². The molecule has 4 aromatic carbocycles.